The Morgan fingerprint density at radius 2 is 1.81 bits per heavy atom. The molecule has 0 radical (unpaired) electrons. The number of nitrogens with zero attached hydrogens (tertiary/aromatic N) is 1. The van der Waals surface area contributed by atoms with Crippen LogP contribution in [0.1, 0.15) is 28.9 Å². The molecular formula is C23H20FN3O4S. The number of hydrogen-bond acceptors (Lipinski definition) is 5. The SMILES string of the molecule is CNS(=O)(=O)c1cccc(C(C)NC(=O)c2ccc3noc(-c4ccc(F)cc4)c3c2)c1. The molecule has 4 rings (SSSR count). The van der Waals surface area contributed by atoms with E-state index in [1.807, 2.05) is 0 Å². The number of carbonyl (C=O) groups excluding carboxylic acids is 1. The van der Waals surface area contributed by atoms with Gasteiger partial charge < -0.3 is 9.84 Å². The summed E-state index contributed by atoms with van der Waals surface area (Å²) in [5.41, 5.74) is 2.24. The fraction of sp³-hybridized carbons (Fsp3) is 0.130. The van der Waals surface area contributed by atoms with Crippen LogP contribution < -0.4 is 10.0 Å². The number of fused-ring (bicyclic) bond motifs is 1. The smallest absolute Gasteiger partial charge is 0.251 e. The Hall–Kier alpha value is -3.56. The van der Waals surface area contributed by atoms with Gasteiger partial charge in [0.05, 0.1) is 16.3 Å². The van der Waals surface area contributed by atoms with Crippen LogP contribution in [0.25, 0.3) is 22.2 Å². The minimum absolute atomic E-state index is 0.119. The number of aromatic nitrogens is 1. The number of nitrogens with one attached hydrogen (secondary N) is 2. The fourth-order valence-corrected chi connectivity index (χ4v) is 4.11. The predicted molar refractivity (Wildman–Crippen MR) is 118 cm³/mol. The zero-order valence-electron chi connectivity index (χ0n) is 17.3. The largest absolute Gasteiger partial charge is 0.355 e. The quantitative estimate of drug-likeness (QED) is 0.459. The van der Waals surface area contributed by atoms with E-state index in [0.29, 0.717) is 33.4 Å². The van der Waals surface area contributed by atoms with Gasteiger partial charge in [-0.15, -0.1) is 0 Å². The van der Waals surface area contributed by atoms with Crippen LogP contribution in [0.3, 0.4) is 0 Å². The van der Waals surface area contributed by atoms with Crippen molar-refractivity contribution in [2.45, 2.75) is 17.9 Å². The van der Waals surface area contributed by atoms with E-state index in [-0.39, 0.29) is 16.6 Å². The van der Waals surface area contributed by atoms with Gasteiger partial charge in [0.2, 0.25) is 10.0 Å². The standard InChI is InChI=1S/C23H20FN3O4S/c1-14(16-4-3-5-19(12-16)32(29,30)25-2)26-23(28)17-8-11-21-20(13-17)22(31-27-21)15-6-9-18(24)10-7-15/h3-14,25H,1-2H3,(H,26,28). The van der Waals surface area contributed by atoms with Crippen molar-refractivity contribution in [3.05, 3.63) is 83.7 Å². The first-order valence-corrected chi connectivity index (χ1v) is 11.3. The zero-order valence-corrected chi connectivity index (χ0v) is 18.1. The first-order valence-electron chi connectivity index (χ1n) is 9.78. The average Bonchev–Trinajstić information content (AvgIpc) is 3.23. The Kier molecular flexibility index (Phi) is 5.77. The molecule has 1 amide bonds. The third kappa shape index (κ3) is 4.25. The molecule has 0 aliphatic carbocycles. The molecule has 0 bridgehead atoms. The van der Waals surface area contributed by atoms with Gasteiger partial charge in [-0.1, -0.05) is 17.3 Å². The van der Waals surface area contributed by atoms with Crippen LogP contribution >= 0.6 is 0 Å². The van der Waals surface area contributed by atoms with Gasteiger partial charge in [0.25, 0.3) is 5.91 Å². The Bertz CT molecular complexity index is 1400. The second-order valence-corrected chi connectivity index (χ2v) is 9.11. The van der Waals surface area contributed by atoms with Gasteiger partial charge in [-0.25, -0.2) is 17.5 Å². The summed E-state index contributed by atoms with van der Waals surface area (Å²) in [6.07, 6.45) is 0. The molecule has 0 saturated heterocycles. The lowest BCUT2D eigenvalue weighted by Crippen LogP contribution is -2.27. The molecular weight excluding hydrogens is 433 g/mol. The Morgan fingerprint density at radius 3 is 2.53 bits per heavy atom. The third-order valence-electron chi connectivity index (χ3n) is 5.13. The lowest BCUT2D eigenvalue weighted by molar-refractivity contribution is 0.0940. The first-order chi connectivity index (χ1) is 15.3. The van der Waals surface area contributed by atoms with E-state index in [2.05, 4.69) is 15.2 Å². The molecule has 0 saturated carbocycles. The Balaban J connectivity index is 1.60. The lowest BCUT2D eigenvalue weighted by atomic mass is 10.0. The Labute approximate surface area is 184 Å². The molecule has 1 unspecified atom stereocenters. The van der Waals surface area contributed by atoms with Crippen molar-refractivity contribution in [2.75, 3.05) is 7.05 Å². The second-order valence-electron chi connectivity index (χ2n) is 7.23. The van der Waals surface area contributed by atoms with Crippen molar-refractivity contribution < 1.29 is 22.1 Å². The van der Waals surface area contributed by atoms with Crippen LogP contribution in [-0.2, 0) is 10.0 Å². The molecule has 9 heteroatoms. The monoisotopic (exact) mass is 453 g/mol. The van der Waals surface area contributed by atoms with Gasteiger partial charge >= 0.3 is 0 Å². The zero-order chi connectivity index (χ0) is 22.9. The van der Waals surface area contributed by atoms with Crippen LogP contribution in [-0.4, -0.2) is 26.5 Å². The third-order valence-corrected chi connectivity index (χ3v) is 6.54. The van der Waals surface area contributed by atoms with E-state index in [4.69, 9.17) is 4.52 Å². The van der Waals surface area contributed by atoms with Gasteiger partial charge in [-0.2, -0.15) is 0 Å². The maximum absolute atomic E-state index is 13.2. The van der Waals surface area contributed by atoms with Gasteiger partial charge in [0.1, 0.15) is 11.3 Å². The summed E-state index contributed by atoms with van der Waals surface area (Å²) >= 11 is 0. The number of carbonyl (C=O) groups is 1. The summed E-state index contributed by atoms with van der Waals surface area (Å²) in [7, 11) is -2.25. The molecule has 0 fully saturated rings. The molecule has 4 aromatic rings. The van der Waals surface area contributed by atoms with Gasteiger partial charge in [-0.3, -0.25) is 4.79 Å². The molecule has 1 aromatic heterocycles. The first kappa shape index (κ1) is 21.7. The number of sulfonamides is 1. The van der Waals surface area contributed by atoms with Crippen molar-refractivity contribution in [2.24, 2.45) is 0 Å². The summed E-state index contributed by atoms with van der Waals surface area (Å²) in [6.45, 7) is 1.77. The highest BCUT2D eigenvalue weighted by atomic mass is 32.2. The van der Waals surface area contributed by atoms with Crippen molar-refractivity contribution in [1.29, 1.82) is 0 Å². The molecule has 164 valence electrons. The number of rotatable bonds is 6. The molecule has 7 nitrogen and oxygen atoms in total. The van der Waals surface area contributed by atoms with Gasteiger partial charge in [0.15, 0.2) is 5.76 Å². The number of benzene rings is 3. The molecule has 0 aliphatic heterocycles. The fourth-order valence-electron chi connectivity index (χ4n) is 3.32. The molecule has 1 atom stereocenters. The molecule has 0 spiro atoms. The van der Waals surface area contributed by atoms with Crippen LogP contribution in [0.2, 0.25) is 0 Å². The van der Waals surface area contributed by atoms with E-state index < -0.39 is 16.1 Å². The van der Waals surface area contributed by atoms with Crippen molar-refractivity contribution in [1.82, 2.24) is 15.2 Å². The summed E-state index contributed by atoms with van der Waals surface area (Å²) in [6, 6.07) is 16.7. The average molecular weight is 453 g/mol. The highest BCUT2D eigenvalue weighted by molar-refractivity contribution is 7.89. The number of halogens is 1. The number of amides is 1. The summed E-state index contributed by atoms with van der Waals surface area (Å²) in [4.78, 5) is 13.0. The number of hydrogen-bond donors (Lipinski definition) is 2. The van der Waals surface area contributed by atoms with E-state index in [1.54, 1.807) is 49.4 Å². The summed E-state index contributed by atoms with van der Waals surface area (Å²) in [5.74, 6) is -0.265. The van der Waals surface area contributed by atoms with Crippen molar-refractivity contribution in [3.63, 3.8) is 0 Å². The van der Waals surface area contributed by atoms with E-state index >= 15 is 0 Å². The van der Waals surface area contributed by atoms with Crippen LogP contribution in [0.4, 0.5) is 4.39 Å². The van der Waals surface area contributed by atoms with Crippen LogP contribution in [0.15, 0.2) is 76.1 Å². The van der Waals surface area contributed by atoms with E-state index in [9.17, 15) is 17.6 Å². The van der Waals surface area contributed by atoms with E-state index in [0.717, 1.165) is 0 Å². The predicted octanol–water partition coefficient (Wildman–Crippen LogP) is 4.03. The Morgan fingerprint density at radius 1 is 1.06 bits per heavy atom. The van der Waals surface area contributed by atoms with Crippen LogP contribution in [0, 0.1) is 5.82 Å². The molecule has 3 aromatic carbocycles. The molecule has 0 aliphatic rings. The maximum Gasteiger partial charge on any atom is 0.251 e. The minimum atomic E-state index is -3.59. The molecule has 2 N–H and O–H groups in total. The summed E-state index contributed by atoms with van der Waals surface area (Å²) < 4.78 is 45.0. The second kappa shape index (κ2) is 8.52. The topological polar surface area (TPSA) is 101 Å². The van der Waals surface area contributed by atoms with Gasteiger partial charge in [0, 0.05) is 11.1 Å². The molecule has 1 heterocycles. The maximum atomic E-state index is 13.2. The van der Waals surface area contributed by atoms with E-state index in [1.165, 1.54) is 31.3 Å². The summed E-state index contributed by atoms with van der Waals surface area (Å²) in [5, 5.41) is 7.51. The minimum Gasteiger partial charge on any atom is -0.355 e. The van der Waals surface area contributed by atoms with Crippen LogP contribution in [0.5, 0.6) is 0 Å². The molecule has 32 heavy (non-hydrogen) atoms. The highest BCUT2D eigenvalue weighted by Gasteiger charge is 2.18. The lowest BCUT2D eigenvalue weighted by Gasteiger charge is -2.15. The van der Waals surface area contributed by atoms with Crippen molar-refractivity contribution in [3.8, 4) is 11.3 Å². The van der Waals surface area contributed by atoms with Gasteiger partial charge in [-0.05, 0) is 74.1 Å². The normalized spacial score (nSPS) is 12.6. The highest BCUT2D eigenvalue weighted by Crippen LogP contribution is 2.29. The van der Waals surface area contributed by atoms with Crippen molar-refractivity contribution >= 4 is 26.8 Å².